The highest BCUT2D eigenvalue weighted by atomic mass is 19.1. The number of fused-ring (bicyclic) bond motifs is 7. The van der Waals surface area contributed by atoms with Crippen molar-refractivity contribution in [3.8, 4) is 35.2 Å². The maximum atomic E-state index is 17.5. The third-order valence-electron chi connectivity index (χ3n) is 10.9. The molecule has 0 aliphatic carbocycles. The van der Waals surface area contributed by atoms with Crippen molar-refractivity contribution in [1.29, 1.82) is 0 Å². The monoisotopic (exact) mass is 665 g/mol. The van der Waals surface area contributed by atoms with Crippen LogP contribution in [0, 0.1) is 24.0 Å². The summed E-state index contributed by atoms with van der Waals surface area (Å²) in [5, 5.41) is 21.0. The van der Waals surface area contributed by atoms with Crippen molar-refractivity contribution in [1.82, 2.24) is 30.0 Å². The standard InChI is InChI=1S/C37H34F3N7O2/c1-3-25-28(39)8-5-21-11-24(48)12-26(29(21)25)30-32(40)34-31(27-18-45(2)44-33(27)30)35(46-16-22-6-7-23(17-46)41-22)43-36(42-34)49-19-37-9-4-10-47(37)15-20(13-37)14-38/h1,5,8,11-12,14,18,22-23,41,48H,4,6-7,9-10,13,15-17,19H2,2H3/b20-14-/t22-,23+,37-/m0/s1. The predicted molar refractivity (Wildman–Crippen MR) is 181 cm³/mol. The number of aromatic nitrogens is 4. The van der Waals surface area contributed by atoms with Gasteiger partial charge in [0.2, 0.25) is 0 Å². The molecule has 2 N–H and O–H groups in total. The molecule has 0 spiro atoms. The lowest BCUT2D eigenvalue weighted by Gasteiger charge is -2.35. The fourth-order valence-electron chi connectivity index (χ4n) is 8.84. The number of terminal acetylenes is 1. The van der Waals surface area contributed by atoms with Gasteiger partial charge in [0.05, 0.1) is 22.8 Å². The minimum atomic E-state index is -0.712. The van der Waals surface area contributed by atoms with Crippen molar-refractivity contribution in [3.05, 3.63) is 59.6 Å². The van der Waals surface area contributed by atoms with Gasteiger partial charge in [-0.2, -0.15) is 15.1 Å². The molecule has 0 radical (unpaired) electrons. The van der Waals surface area contributed by atoms with E-state index in [9.17, 15) is 9.50 Å². The molecule has 12 heteroatoms. The maximum Gasteiger partial charge on any atom is 0.319 e. The second-order valence-electron chi connectivity index (χ2n) is 14.0. The summed E-state index contributed by atoms with van der Waals surface area (Å²) in [6, 6.07) is 6.16. The van der Waals surface area contributed by atoms with Crippen LogP contribution in [0.25, 0.3) is 43.7 Å². The van der Waals surface area contributed by atoms with E-state index >= 15 is 8.78 Å². The van der Waals surface area contributed by atoms with E-state index in [4.69, 9.17) is 26.2 Å². The molecule has 3 aromatic carbocycles. The van der Waals surface area contributed by atoms with Crippen LogP contribution in [-0.2, 0) is 7.05 Å². The number of phenolic OH excluding ortho intramolecular Hbond substituents is 1. The minimum Gasteiger partial charge on any atom is -0.508 e. The Labute approximate surface area is 280 Å². The summed E-state index contributed by atoms with van der Waals surface area (Å²) in [7, 11) is 1.75. The van der Waals surface area contributed by atoms with Crippen LogP contribution in [0.2, 0.25) is 0 Å². The van der Waals surface area contributed by atoms with Crippen LogP contribution in [0.3, 0.4) is 0 Å². The summed E-state index contributed by atoms with van der Waals surface area (Å²) in [4.78, 5) is 14.1. The van der Waals surface area contributed by atoms with E-state index in [0.29, 0.717) is 59.9 Å². The molecule has 4 saturated heterocycles. The van der Waals surface area contributed by atoms with Gasteiger partial charge in [-0.3, -0.25) is 9.58 Å². The highest BCUT2D eigenvalue weighted by Crippen LogP contribution is 2.46. The molecule has 0 amide bonds. The van der Waals surface area contributed by atoms with Gasteiger partial charge in [0, 0.05) is 61.3 Å². The lowest BCUT2D eigenvalue weighted by molar-refractivity contribution is 0.108. The molecular weight excluding hydrogens is 631 g/mol. The average molecular weight is 666 g/mol. The van der Waals surface area contributed by atoms with Gasteiger partial charge in [-0.25, -0.2) is 13.2 Å². The Bertz CT molecular complexity index is 2270. The van der Waals surface area contributed by atoms with E-state index in [-0.39, 0.29) is 63.6 Å². The summed E-state index contributed by atoms with van der Waals surface area (Å²) in [5.41, 5.74) is 0.876. The summed E-state index contributed by atoms with van der Waals surface area (Å²) in [6.45, 7) is 2.99. The topological polar surface area (TPSA) is 91.6 Å². The maximum absolute atomic E-state index is 17.5. The van der Waals surface area contributed by atoms with Crippen molar-refractivity contribution in [2.24, 2.45) is 7.05 Å². The molecule has 9 rings (SSSR count). The Kier molecular flexibility index (Phi) is 6.83. The minimum absolute atomic E-state index is 0.0214. The lowest BCUT2D eigenvalue weighted by Crippen LogP contribution is -2.51. The van der Waals surface area contributed by atoms with E-state index in [1.807, 2.05) is 0 Å². The molecule has 2 aromatic heterocycles. The number of anilines is 1. The first-order valence-corrected chi connectivity index (χ1v) is 16.7. The molecule has 0 unspecified atom stereocenters. The highest BCUT2D eigenvalue weighted by molar-refractivity contribution is 6.18. The number of rotatable bonds is 5. The molecule has 9 nitrogen and oxygen atoms in total. The smallest absolute Gasteiger partial charge is 0.319 e. The third-order valence-corrected chi connectivity index (χ3v) is 10.9. The van der Waals surface area contributed by atoms with Gasteiger partial charge in [-0.05, 0) is 73.4 Å². The number of aromatic hydroxyl groups is 1. The van der Waals surface area contributed by atoms with Gasteiger partial charge in [0.1, 0.15) is 35.0 Å². The highest BCUT2D eigenvalue weighted by Gasteiger charge is 2.47. The quantitative estimate of drug-likeness (QED) is 0.231. The number of hydrogen-bond donors (Lipinski definition) is 2. The molecule has 6 heterocycles. The predicted octanol–water partition coefficient (Wildman–Crippen LogP) is 5.71. The van der Waals surface area contributed by atoms with E-state index < -0.39 is 11.6 Å². The van der Waals surface area contributed by atoms with Gasteiger partial charge in [0.25, 0.3) is 0 Å². The fraction of sp³-hybridized carbons (Fsp3) is 0.378. The second-order valence-corrected chi connectivity index (χ2v) is 14.0. The zero-order valence-electron chi connectivity index (χ0n) is 26.9. The van der Waals surface area contributed by atoms with Crippen molar-refractivity contribution < 1.29 is 23.0 Å². The number of phenols is 1. The zero-order chi connectivity index (χ0) is 33.6. The van der Waals surface area contributed by atoms with Crippen LogP contribution in [0.4, 0.5) is 19.0 Å². The first-order valence-electron chi connectivity index (χ1n) is 16.7. The number of halogens is 3. The Morgan fingerprint density at radius 1 is 1.14 bits per heavy atom. The number of ether oxygens (including phenoxy) is 1. The number of nitrogens with one attached hydrogen (secondary N) is 1. The third kappa shape index (κ3) is 4.66. The van der Waals surface area contributed by atoms with Gasteiger partial charge in [0.15, 0.2) is 5.82 Å². The molecule has 250 valence electrons. The lowest BCUT2D eigenvalue weighted by atomic mass is 9.91. The normalized spacial score (nSPS) is 24.5. The zero-order valence-corrected chi connectivity index (χ0v) is 26.9. The molecule has 4 aliphatic rings. The van der Waals surface area contributed by atoms with Crippen LogP contribution >= 0.6 is 0 Å². The number of piperazine rings is 1. The van der Waals surface area contributed by atoms with Crippen molar-refractivity contribution in [2.45, 2.75) is 49.7 Å². The summed E-state index contributed by atoms with van der Waals surface area (Å²) in [6.07, 6.45) is 12.7. The van der Waals surface area contributed by atoms with E-state index in [2.05, 4.69) is 21.0 Å². The first kappa shape index (κ1) is 30.2. The summed E-state index contributed by atoms with van der Waals surface area (Å²) >= 11 is 0. The van der Waals surface area contributed by atoms with E-state index in [1.54, 1.807) is 17.9 Å². The molecule has 2 bridgehead atoms. The first-order chi connectivity index (χ1) is 23.7. The second kappa shape index (κ2) is 11.1. The number of aryl methyl sites for hydroxylation is 1. The number of hydrogen-bond acceptors (Lipinski definition) is 8. The molecule has 49 heavy (non-hydrogen) atoms. The molecular formula is C37H34F3N7O2. The number of benzene rings is 3. The van der Waals surface area contributed by atoms with Crippen LogP contribution < -0.4 is 15.0 Å². The SMILES string of the molecule is C#Cc1c(F)ccc2cc(O)cc(-c3c(F)c4nc(OC[C@@]56CCCN5C/C(=C\F)C6)nc(N5C[C@H]6CC[C@@H](C5)N6)c4c4cn(C)nc34)c12. The van der Waals surface area contributed by atoms with Gasteiger partial charge in [-0.1, -0.05) is 12.0 Å². The molecule has 3 atom stereocenters. The Hall–Kier alpha value is -4.86. The van der Waals surface area contributed by atoms with E-state index in [0.717, 1.165) is 37.8 Å². The van der Waals surface area contributed by atoms with Gasteiger partial charge < -0.3 is 20.1 Å². The van der Waals surface area contributed by atoms with Crippen LogP contribution in [0.1, 0.15) is 37.7 Å². The average Bonchev–Trinajstić information content (AvgIpc) is 3.85. The van der Waals surface area contributed by atoms with Crippen molar-refractivity contribution >= 4 is 38.4 Å². The summed E-state index contributed by atoms with van der Waals surface area (Å²) in [5.74, 6) is 1.50. The van der Waals surface area contributed by atoms with Crippen LogP contribution in [-0.4, -0.2) is 80.2 Å². The van der Waals surface area contributed by atoms with Crippen LogP contribution in [0.5, 0.6) is 11.8 Å². The van der Waals surface area contributed by atoms with Crippen molar-refractivity contribution in [3.63, 3.8) is 0 Å². The Morgan fingerprint density at radius 2 is 1.96 bits per heavy atom. The Morgan fingerprint density at radius 3 is 2.73 bits per heavy atom. The fourth-order valence-corrected chi connectivity index (χ4v) is 8.84. The Balaban J connectivity index is 1.29. The molecule has 4 fully saturated rings. The van der Waals surface area contributed by atoms with Crippen molar-refractivity contribution in [2.75, 3.05) is 37.7 Å². The molecule has 4 aliphatic heterocycles. The number of nitrogens with zero attached hydrogens (tertiary/aromatic N) is 6. The van der Waals surface area contributed by atoms with E-state index in [1.165, 1.54) is 24.3 Å². The summed E-state index contributed by atoms with van der Waals surface area (Å²) < 4.78 is 54.3. The van der Waals surface area contributed by atoms with Gasteiger partial charge >= 0.3 is 6.01 Å². The largest absolute Gasteiger partial charge is 0.508 e. The van der Waals surface area contributed by atoms with Gasteiger partial charge in [-0.15, -0.1) is 6.42 Å². The van der Waals surface area contributed by atoms with Crippen LogP contribution in [0.15, 0.2) is 42.4 Å². The molecule has 5 aromatic rings. The molecule has 0 saturated carbocycles.